The summed E-state index contributed by atoms with van der Waals surface area (Å²) in [4.78, 5) is 0. The van der Waals surface area contributed by atoms with Crippen molar-refractivity contribution in [2.45, 2.75) is 13.0 Å². The van der Waals surface area contributed by atoms with E-state index in [0.29, 0.717) is 11.6 Å². The van der Waals surface area contributed by atoms with Gasteiger partial charge in [0.05, 0.1) is 6.61 Å². The van der Waals surface area contributed by atoms with Crippen molar-refractivity contribution in [1.82, 2.24) is 0 Å². The van der Waals surface area contributed by atoms with Crippen LogP contribution in [0.1, 0.15) is 16.7 Å². The van der Waals surface area contributed by atoms with Crippen LogP contribution in [0.4, 0.5) is 4.39 Å². The van der Waals surface area contributed by atoms with Gasteiger partial charge in [-0.05, 0) is 29.8 Å². The van der Waals surface area contributed by atoms with Crippen LogP contribution in [0, 0.1) is 17.1 Å². The van der Waals surface area contributed by atoms with Crippen molar-refractivity contribution in [2.75, 3.05) is 6.61 Å². The van der Waals surface area contributed by atoms with E-state index in [9.17, 15) is 4.39 Å². The lowest BCUT2D eigenvalue weighted by molar-refractivity contribution is 0.290. The fraction of sp³-hybridized carbons (Fsp3) is 0.188. The number of ether oxygens (including phenoxy) is 2. The summed E-state index contributed by atoms with van der Waals surface area (Å²) in [6.07, 6.45) is 0.812. The van der Waals surface area contributed by atoms with Gasteiger partial charge >= 0.3 is 0 Å². The first-order valence-electron chi connectivity index (χ1n) is 6.44. The Hall–Kier alpha value is -2.25. The van der Waals surface area contributed by atoms with Crippen molar-refractivity contribution in [3.8, 4) is 17.6 Å². The van der Waals surface area contributed by atoms with E-state index in [4.69, 9.17) is 26.3 Å². The van der Waals surface area contributed by atoms with Gasteiger partial charge in [-0.3, -0.25) is 0 Å². The van der Waals surface area contributed by atoms with Gasteiger partial charge in [0.2, 0.25) is 0 Å². The zero-order chi connectivity index (χ0) is 14.8. The van der Waals surface area contributed by atoms with Crippen molar-refractivity contribution in [3.63, 3.8) is 0 Å². The average molecular weight is 304 g/mol. The van der Waals surface area contributed by atoms with Crippen LogP contribution in [0.25, 0.3) is 0 Å². The number of halogens is 2. The van der Waals surface area contributed by atoms with E-state index in [2.05, 4.69) is 0 Å². The molecule has 0 fully saturated rings. The second kappa shape index (κ2) is 5.63. The highest BCUT2D eigenvalue weighted by Crippen LogP contribution is 2.34. The van der Waals surface area contributed by atoms with Gasteiger partial charge in [0.15, 0.2) is 0 Å². The van der Waals surface area contributed by atoms with E-state index >= 15 is 0 Å². The Bertz CT molecular complexity index is 740. The highest BCUT2D eigenvalue weighted by molar-refractivity contribution is 6.30. The van der Waals surface area contributed by atoms with Gasteiger partial charge in [0.1, 0.15) is 35.6 Å². The van der Waals surface area contributed by atoms with E-state index in [-0.39, 0.29) is 17.9 Å². The minimum absolute atomic E-state index is 0.0999. The van der Waals surface area contributed by atoms with Crippen molar-refractivity contribution >= 4 is 11.6 Å². The molecule has 0 unspecified atom stereocenters. The monoisotopic (exact) mass is 303 g/mol. The summed E-state index contributed by atoms with van der Waals surface area (Å²) < 4.78 is 24.7. The molecule has 0 spiro atoms. The first-order chi connectivity index (χ1) is 10.2. The molecule has 1 heterocycles. The Balaban J connectivity index is 1.87. The fourth-order valence-corrected chi connectivity index (χ4v) is 2.61. The molecule has 0 N–H and O–H groups in total. The number of fused-ring (bicyclic) bond motifs is 1. The SMILES string of the molecule is N#Cc1c(F)cccc1OCc1cc(Cl)cc2c1OCC2. The maximum absolute atomic E-state index is 13.5. The normalized spacial score (nSPS) is 12.4. The zero-order valence-corrected chi connectivity index (χ0v) is 11.8. The Kier molecular flexibility index (Phi) is 3.68. The van der Waals surface area contributed by atoms with Crippen molar-refractivity contribution < 1.29 is 13.9 Å². The molecule has 21 heavy (non-hydrogen) atoms. The molecule has 106 valence electrons. The Morgan fingerprint density at radius 2 is 2.24 bits per heavy atom. The summed E-state index contributed by atoms with van der Waals surface area (Å²) in [7, 11) is 0. The predicted molar refractivity (Wildman–Crippen MR) is 76.1 cm³/mol. The van der Waals surface area contributed by atoms with E-state index in [1.807, 2.05) is 6.07 Å². The van der Waals surface area contributed by atoms with Gasteiger partial charge in [0, 0.05) is 17.0 Å². The lowest BCUT2D eigenvalue weighted by Gasteiger charge is -2.11. The smallest absolute Gasteiger partial charge is 0.144 e. The largest absolute Gasteiger partial charge is 0.493 e. The Morgan fingerprint density at radius 3 is 3.05 bits per heavy atom. The molecule has 0 aliphatic carbocycles. The van der Waals surface area contributed by atoms with E-state index in [0.717, 1.165) is 23.3 Å². The lowest BCUT2D eigenvalue weighted by Crippen LogP contribution is -2.01. The van der Waals surface area contributed by atoms with Crippen molar-refractivity contribution in [3.05, 3.63) is 57.9 Å². The minimum atomic E-state index is -0.595. The van der Waals surface area contributed by atoms with E-state index < -0.39 is 5.82 Å². The molecule has 5 heteroatoms. The molecule has 2 aromatic rings. The van der Waals surface area contributed by atoms with Gasteiger partial charge < -0.3 is 9.47 Å². The number of hydrogen-bond acceptors (Lipinski definition) is 3. The number of benzene rings is 2. The van der Waals surface area contributed by atoms with Gasteiger partial charge in [-0.25, -0.2) is 4.39 Å². The minimum Gasteiger partial charge on any atom is -0.493 e. The van der Waals surface area contributed by atoms with E-state index in [1.165, 1.54) is 12.1 Å². The Morgan fingerprint density at radius 1 is 1.38 bits per heavy atom. The maximum Gasteiger partial charge on any atom is 0.144 e. The second-order valence-electron chi connectivity index (χ2n) is 4.67. The van der Waals surface area contributed by atoms with Gasteiger partial charge in [0.25, 0.3) is 0 Å². The van der Waals surface area contributed by atoms with Crippen LogP contribution in [0.15, 0.2) is 30.3 Å². The van der Waals surface area contributed by atoms with Gasteiger partial charge in [-0.1, -0.05) is 17.7 Å². The average Bonchev–Trinajstić information content (AvgIpc) is 2.93. The third-order valence-corrected chi connectivity index (χ3v) is 3.51. The number of hydrogen-bond donors (Lipinski definition) is 0. The quantitative estimate of drug-likeness (QED) is 0.864. The van der Waals surface area contributed by atoms with Crippen LogP contribution in [0.3, 0.4) is 0 Å². The first kappa shape index (κ1) is 13.7. The number of nitrogens with zero attached hydrogens (tertiary/aromatic N) is 1. The van der Waals surface area contributed by atoms with E-state index in [1.54, 1.807) is 18.2 Å². The molecule has 0 amide bonds. The molecule has 2 aromatic carbocycles. The summed E-state index contributed by atoms with van der Waals surface area (Å²) in [5.74, 6) is 0.390. The molecule has 0 bridgehead atoms. The van der Waals surface area contributed by atoms with Crippen LogP contribution in [-0.4, -0.2) is 6.61 Å². The highest BCUT2D eigenvalue weighted by atomic mass is 35.5. The molecule has 0 aromatic heterocycles. The molecule has 0 saturated heterocycles. The van der Waals surface area contributed by atoms with Crippen molar-refractivity contribution in [1.29, 1.82) is 5.26 Å². The van der Waals surface area contributed by atoms with Gasteiger partial charge in [-0.2, -0.15) is 5.26 Å². The molecule has 3 nitrogen and oxygen atoms in total. The zero-order valence-electron chi connectivity index (χ0n) is 11.0. The summed E-state index contributed by atoms with van der Waals surface area (Å²) in [6.45, 7) is 0.785. The maximum atomic E-state index is 13.5. The summed E-state index contributed by atoms with van der Waals surface area (Å²) >= 11 is 6.07. The van der Waals surface area contributed by atoms with Crippen LogP contribution in [-0.2, 0) is 13.0 Å². The third kappa shape index (κ3) is 2.65. The predicted octanol–water partition coefficient (Wildman–Crippen LogP) is 3.86. The van der Waals surface area contributed by atoms with Crippen molar-refractivity contribution in [2.24, 2.45) is 0 Å². The molecule has 0 radical (unpaired) electrons. The molecular formula is C16H11ClFNO2. The summed E-state index contributed by atoms with van der Waals surface area (Å²) in [5, 5.41) is 9.59. The molecule has 1 aliphatic heterocycles. The molecule has 3 rings (SSSR count). The molecular weight excluding hydrogens is 293 g/mol. The first-order valence-corrected chi connectivity index (χ1v) is 6.82. The summed E-state index contributed by atoms with van der Waals surface area (Å²) in [6, 6.07) is 9.73. The second-order valence-corrected chi connectivity index (χ2v) is 5.10. The molecule has 1 aliphatic rings. The number of nitriles is 1. The molecule has 0 saturated carbocycles. The Labute approximate surface area is 126 Å². The topological polar surface area (TPSA) is 42.2 Å². The lowest BCUT2D eigenvalue weighted by atomic mass is 10.1. The molecule has 0 atom stereocenters. The van der Waals surface area contributed by atoms with Crippen LogP contribution in [0.2, 0.25) is 5.02 Å². The standard InChI is InChI=1S/C16H11ClFNO2/c17-12-6-10-4-5-20-16(10)11(7-12)9-21-15-3-1-2-14(18)13(15)8-19/h1-3,6-7H,4-5,9H2. The third-order valence-electron chi connectivity index (χ3n) is 3.30. The number of rotatable bonds is 3. The van der Waals surface area contributed by atoms with Gasteiger partial charge in [-0.15, -0.1) is 0 Å². The van der Waals surface area contributed by atoms with Crippen LogP contribution >= 0.6 is 11.6 Å². The fourth-order valence-electron chi connectivity index (χ4n) is 2.34. The van der Waals surface area contributed by atoms with Crippen LogP contribution < -0.4 is 9.47 Å². The summed E-state index contributed by atoms with van der Waals surface area (Å²) in [5.41, 5.74) is 1.74. The highest BCUT2D eigenvalue weighted by Gasteiger charge is 2.18. The van der Waals surface area contributed by atoms with Crippen LogP contribution in [0.5, 0.6) is 11.5 Å².